The fourth-order valence-corrected chi connectivity index (χ4v) is 4.33. The van der Waals surface area contributed by atoms with Gasteiger partial charge in [-0.05, 0) is 85.9 Å². The number of fused-ring (bicyclic) bond motifs is 1. The molecule has 2 amide bonds. The molecule has 0 aliphatic heterocycles. The van der Waals surface area contributed by atoms with Crippen LogP contribution in [-0.4, -0.2) is 48.3 Å². The Bertz CT molecular complexity index is 760. The number of nitrogens with one attached hydrogen (secondary N) is 2. The zero-order valence-corrected chi connectivity index (χ0v) is 16.4. The number of hydrogen-bond donors (Lipinski definition) is 3. The number of amides is 2. The Hall–Kier alpha value is -2.05. The monoisotopic (exact) mass is 373 g/mol. The summed E-state index contributed by atoms with van der Waals surface area (Å²) in [5, 5.41) is 20.0. The maximum Gasteiger partial charge on any atom is 0.315 e. The molecule has 0 saturated heterocycles. The predicted octanol–water partition coefficient (Wildman–Crippen LogP) is 2.78. The van der Waals surface area contributed by atoms with Crippen molar-refractivity contribution in [3.63, 3.8) is 0 Å². The molecule has 1 aromatic heterocycles. The lowest BCUT2D eigenvalue weighted by molar-refractivity contribution is 0.157. The van der Waals surface area contributed by atoms with E-state index in [4.69, 9.17) is 0 Å². The lowest BCUT2D eigenvalue weighted by atomic mass is 9.94. The maximum atomic E-state index is 12.4. The lowest BCUT2D eigenvalue weighted by Crippen LogP contribution is -2.55. The molecule has 5 nitrogen and oxygen atoms in total. The highest BCUT2D eigenvalue weighted by molar-refractivity contribution is 7.07. The van der Waals surface area contributed by atoms with E-state index in [0.717, 1.165) is 24.8 Å². The van der Waals surface area contributed by atoms with Crippen LogP contribution in [0, 0.1) is 0 Å². The van der Waals surface area contributed by atoms with Crippen molar-refractivity contribution in [2.75, 3.05) is 20.6 Å². The Labute approximate surface area is 159 Å². The van der Waals surface area contributed by atoms with Crippen molar-refractivity contribution in [2.45, 2.75) is 37.8 Å². The first kappa shape index (κ1) is 18.7. The first-order chi connectivity index (χ1) is 12.4. The number of carbonyl (C=O) groups is 1. The van der Waals surface area contributed by atoms with Crippen molar-refractivity contribution >= 4 is 17.4 Å². The van der Waals surface area contributed by atoms with Gasteiger partial charge < -0.3 is 20.6 Å². The molecule has 3 rings (SSSR count). The van der Waals surface area contributed by atoms with Crippen LogP contribution in [0.15, 0.2) is 35.0 Å². The molecule has 0 fully saturated rings. The normalized spacial score (nSPS) is 20.0. The topological polar surface area (TPSA) is 64.6 Å². The molecular weight excluding hydrogens is 346 g/mol. The van der Waals surface area contributed by atoms with Crippen LogP contribution in [0.5, 0.6) is 5.75 Å². The number of carbonyl (C=O) groups excluding carboxylic acids is 1. The van der Waals surface area contributed by atoms with Gasteiger partial charge in [-0.15, -0.1) is 0 Å². The van der Waals surface area contributed by atoms with Crippen LogP contribution in [0.2, 0.25) is 0 Å². The Balaban J connectivity index is 1.57. The molecule has 1 aliphatic carbocycles. The lowest BCUT2D eigenvalue weighted by Gasteiger charge is -2.36. The molecule has 0 saturated carbocycles. The molecule has 3 N–H and O–H groups in total. The van der Waals surface area contributed by atoms with Gasteiger partial charge in [0.25, 0.3) is 0 Å². The average Bonchev–Trinajstić information content (AvgIpc) is 3.20. The van der Waals surface area contributed by atoms with Gasteiger partial charge in [-0.3, -0.25) is 0 Å². The smallest absolute Gasteiger partial charge is 0.315 e. The van der Waals surface area contributed by atoms with E-state index in [1.165, 1.54) is 11.1 Å². The quantitative estimate of drug-likeness (QED) is 0.730. The van der Waals surface area contributed by atoms with Crippen LogP contribution in [0.25, 0.3) is 0 Å². The van der Waals surface area contributed by atoms with E-state index in [1.54, 1.807) is 17.4 Å². The second-order valence-electron chi connectivity index (χ2n) is 7.49. The van der Waals surface area contributed by atoms with Gasteiger partial charge in [0.2, 0.25) is 0 Å². The van der Waals surface area contributed by atoms with E-state index in [1.807, 2.05) is 33.2 Å². The average molecular weight is 374 g/mol. The summed E-state index contributed by atoms with van der Waals surface area (Å²) in [5.74, 6) is 0.297. The van der Waals surface area contributed by atoms with Crippen molar-refractivity contribution in [3.05, 3.63) is 51.7 Å². The number of rotatable bonds is 6. The van der Waals surface area contributed by atoms with Gasteiger partial charge in [-0.2, -0.15) is 11.3 Å². The zero-order valence-electron chi connectivity index (χ0n) is 15.6. The third-order valence-corrected chi connectivity index (χ3v) is 5.99. The van der Waals surface area contributed by atoms with Crippen LogP contribution in [0.3, 0.4) is 0 Å². The first-order valence-electron chi connectivity index (χ1n) is 8.92. The number of benzene rings is 1. The third kappa shape index (κ3) is 4.19. The molecule has 1 unspecified atom stereocenters. The minimum Gasteiger partial charge on any atom is -0.508 e. The summed E-state index contributed by atoms with van der Waals surface area (Å²) >= 11 is 1.67. The number of phenolic OH excluding ortho intramolecular Hbond substituents is 1. The van der Waals surface area contributed by atoms with Crippen LogP contribution >= 0.6 is 11.3 Å². The SMILES string of the molecule is C[C@@H](Cc1ccsc1)NC(=O)NCC1(N(C)C)Cc2ccc(O)cc2C1. The number of aromatic hydroxyl groups is 1. The summed E-state index contributed by atoms with van der Waals surface area (Å²) in [5.41, 5.74) is 3.49. The highest BCUT2D eigenvalue weighted by atomic mass is 32.1. The zero-order chi connectivity index (χ0) is 18.7. The molecular formula is C20H27N3O2S. The highest BCUT2D eigenvalue weighted by Gasteiger charge is 2.39. The van der Waals surface area contributed by atoms with Crippen LogP contribution in [0.4, 0.5) is 4.79 Å². The van der Waals surface area contributed by atoms with E-state index in [-0.39, 0.29) is 17.6 Å². The van der Waals surface area contributed by atoms with Crippen LogP contribution in [-0.2, 0) is 19.3 Å². The van der Waals surface area contributed by atoms with Crippen LogP contribution < -0.4 is 10.6 Å². The second kappa shape index (κ2) is 7.68. The highest BCUT2D eigenvalue weighted by Crippen LogP contribution is 2.34. The first-order valence-corrected chi connectivity index (χ1v) is 9.86. The summed E-state index contributed by atoms with van der Waals surface area (Å²) in [6.45, 7) is 2.58. The minimum absolute atomic E-state index is 0.0811. The summed E-state index contributed by atoms with van der Waals surface area (Å²) in [6.07, 6.45) is 2.51. The van der Waals surface area contributed by atoms with Crippen molar-refractivity contribution in [1.29, 1.82) is 0 Å². The molecule has 140 valence electrons. The molecule has 1 heterocycles. The van der Waals surface area contributed by atoms with Gasteiger partial charge in [0.15, 0.2) is 0 Å². The van der Waals surface area contributed by atoms with Gasteiger partial charge in [0.1, 0.15) is 5.75 Å². The van der Waals surface area contributed by atoms with Gasteiger partial charge in [-0.1, -0.05) is 6.07 Å². The van der Waals surface area contributed by atoms with Crippen LogP contribution in [0.1, 0.15) is 23.6 Å². The number of phenols is 1. The summed E-state index contributed by atoms with van der Waals surface area (Å²) in [7, 11) is 4.09. The standard InChI is InChI=1S/C20H27N3O2S/c1-14(8-15-6-7-26-12-15)22-19(25)21-13-20(23(2)3)10-16-4-5-18(24)9-17(16)11-20/h4-7,9,12,14,24H,8,10-11,13H2,1-3H3,(H2,21,22,25)/t14-,20?/m0/s1. The Kier molecular flexibility index (Phi) is 5.53. The van der Waals surface area contributed by atoms with E-state index in [0.29, 0.717) is 12.3 Å². The number of likely N-dealkylation sites (N-methyl/N-ethyl adjacent to an activating group) is 1. The summed E-state index contributed by atoms with van der Waals surface area (Å²) < 4.78 is 0. The largest absolute Gasteiger partial charge is 0.508 e. The van der Waals surface area contributed by atoms with Crippen molar-refractivity contribution in [1.82, 2.24) is 15.5 Å². The Morgan fingerprint density at radius 1 is 1.31 bits per heavy atom. The van der Waals surface area contributed by atoms with Crippen molar-refractivity contribution in [2.24, 2.45) is 0 Å². The molecule has 1 aliphatic rings. The predicted molar refractivity (Wildman–Crippen MR) is 106 cm³/mol. The van der Waals surface area contributed by atoms with Gasteiger partial charge in [-0.25, -0.2) is 4.79 Å². The summed E-state index contributed by atoms with van der Waals surface area (Å²) in [6, 6.07) is 7.59. The molecule has 2 aromatic rings. The van der Waals surface area contributed by atoms with Crippen molar-refractivity contribution < 1.29 is 9.90 Å². The number of urea groups is 1. The maximum absolute atomic E-state index is 12.4. The van der Waals surface area contributed by atoms with Crippen molar-refractivity contribution in [3.8, 4) is 5.75 Å². The third-order valence-electron chi connectivity index (χ3n) is 5.26. The van der Waals surface area contributed by atoms with Gasteiger partial charge in [0.05, 0.1) is 0 Å². The molecule has 6 heteroatoms. The molecule has 0 spiro atoms. The van der Waals surface area contributed by atoms with Gasteiger partial charge in [0, 0.05) is 18.1 Å². The van der Waals surface area contributed by atoms with E-state index in [9.17, 15) is 9.90 Å². The Morgan fingerprint density at radius 3 is 2.77 bits per heavy atom. The number of hydrogen-bond acceptors (Lipinski definition) is 4. The number of nitrogens with zero attached hydrogens (tertiary/aromatic N) is 1. The molecule has 1 aromatic carbocycles. The molecule has 2 atom stereocenters. The van der Waals surface area contributed by atoms with E-state index < -0.39 is 0 Å². The van der Waals surface area contributed by atoms with E-state index >= 15 is 0 Å². The van der Waals surface area contributed by atoms with E-state index in [2.05, 4.69) is 32.4 Å². The molecule has 0 radical (unpaired) electrons. The minimum atomic E-state index is -0.163. The van der Waals surface area contributed by atoms with Gasteiger partial charge >= 0.3 is 6.03 Å². The fraction of sp³-hybridized carbons (Fsp3) is 0.450. The number of thiophene rings is 1. The second-order valence-corrected chi connectivity index (χ2v) is 8.27. The fourth-order valence-electron chi connectivity index (χ4n) is 3.65. The Morgan fingerprint density at radius 2 is 2.08 bits per heavy atom. The summed E-state index contributed by atoms with van der Waals surface area (Å²) in [4.78, 5) is 14.5. The molecule has 0 bridgehead atoms. The molecule has 26 heavy (non-hydrogen) atoms.